The van der Waals surface area contributed by atoms with Gasteiger partial charge < -0.3 is 9.84 Å². The van der Waals surface area contributed by atoms with Crippen molar-refractivity contribution in [2.75, 3.05) is 7.05 Å². The van der Waals surface area contributed by atoms with Crippen LogP contribution in [0, 0.1) is 0 Å². The van der Waals surface area contributed by atoms with Gasteiger partial charge in [0, 0.05) is 29.5 Å². The predicted octanol–water partition coefficient (Wildman–Crippen LogP) is 2.27. The minimum atomic E-state index is 0.111. The third-order valence-electron chi connectivity index (χ3n) is 4.44. The van der Waals surface area contributed by atoms with Gasteiger partial charge in [-0.25, -0.2) is 4.98 Å². The third-order valence-corrected chi connectivity index (χ3v) is 4.44. The van der Waals surface area contributed by atoms with Gasteiger partial charge in [0.1, 0.15) is 5.69 Å². The van der Waals surface area contributed by atoms with Crippen molar-refractivity contribution in [2.45, 2.75) is 64.2 Å². The van der Waals surface area contributed by atoms with Gasteiger partial charge in [0.15, 0.2) is 0 Å². The molecule has 3 heterocycles. The maximum absolute atomic E-state index is 5.40. The molecule has 2 aromatic heterocycles. The van der Waals surface area contributed by atoms with Crippen molar-refractivity contribution in [1.29, 1.82) is 0 Å². The van der Waals surface area contributed by atoms with Gasteiger partial charge in [-0.05, 0) is 47.6 Å². The number of piperidine rings is 1. The van der Waals surface area contributed by atoms with Crippen LogP contribution in [-0.2, 0) is 6.54 Å². The first kappa shape index (κ1) is 17.0. The molecule has 7 nitrogen and oxygen atoms in total. The highest BCUT2D eigenvalue weighted by Gasteiger charge is 2.39. The Balaban J connectivity index is 1.69. The van der Waals surface area contributed by atoms with Crippen LogP contribution in [0.5, 0.6) is 0 Å². The summed E-state index contributed by atoms with van der Waals surface area (Å²) in [6.45, 7) is 9.66. The summed E-state index contributed by atoms with van der Waals surface area (Å²) in [5.41, 5.74) is 0.847. The van der Waals surface area contributed by atoms with E-state index in [1.54, 1.807) is 18.6 Å². The molecule has 0 saturated carbocycles. The summed E-state index contributed by atoms with van der Waals surface area (Å²) in [6, 6.07) is 0.461. The molecule has 24 heavy (non-hydrogen) atoms. The van der Waals surface area contributed by atoms with Gasteiger partial charge in [-0.15, -0.1) is 0 Å². The molecule has 0 unspecified atom stereocenters. The van der Waals surface area contributed by atoms with Crippen LogP contribution in [0.25, 0.3) is 11.5 Å². The lowest BCUT2D eigenvalue weighted by Crippen LogP contribution is -2.61. The molecule has 0 aliphatic carbocycles. The first-order valence-corrected chi connectivity index (χ1v) is 8.33. The molecule has 7 heteroatoms. The summed E-state index contributed by atoms with van der Waals surface area (Å²) < 4.78 is 5.40. The molecule has 0 radical (unpaired) electrons. The summed E-state index contributed by atoms with van der Waals surface area (Å²) in [5.74, 6) is 1.09. The second-order valence-corrected chi connectivity index (χ2v) is 7.97. The van der Waals surface area contributed by atoms with Crippen molar-refractivity contribution in [2.24, 2.45) is 0 Å². The number of hydrogen-bond acceptors (Lipinski definition) is 7. The molecular weight excluding hydrogens is 304 g/mol. The highest BCUT2D eigenvalue weighted by Crippen LogP contribution is 2.31. The molecule has 2 aromatic rings. The lowest BCUT2D eigenvalue weighted by atomic mass is 9.79. The van der Waals surface area contributed by atoms with Crippen LogP contribution in [0.3, 0.4) is 0 Å². The zero-order chi connectivity index (χ0) is 17.4. The highest BCUT2D eigenvalue weighted by atomic mass is 16.5. The molecule has 1 aliphatic rings. The van der Waals surface area contributed by atoms with E-state index in [1.165, 1.54) is 0 Å². The molecule has 130 valence electrons. The highest BCUT2D eigenvalue weighted by molar-refractivity contribution is 5.45. The summed E-state index contributed by atoms with van der Waals surface area (Å²) in [5, 5.41) is 7.73. The minimum Gasteiger partial charge on any atom is -0.337 e. The second kappa shape index (κ2) is 6.22. The van der Waals surface area contributed by atoms with E-state index in [1.807, 2.05) is 0 Å². The van der Waals surface area contributed by atoms with Crippen molar-refractivity contribution in [3.8, 4) is 11.5 Å². The maximum Gasteiger partial charge on any atom is 0.241 e. The fourth-order valence-corrected chi connectivity index (χ4v) is 3.76. The number of nitrogens with one attached hydrogen (secondary N) is 1. The lowest BCUT2D eigenvalue weighted by molar-refractivity contribution is 0.0717. The summed E-state index contributed by atoms with van der Waals surface area (Å²) in [6.07, 6.45) is 7.04. The van der Waals surface area contributed by atoms with Crippen LogP contribution in [-0.4, -0.2) is 49.2 Å². The van der Waals surface area contributed by atoms with Crippen molar-refractivity contribution < 1.29 is 4.52 Å². The zero-order valence-corrected chi connectivity index (χ0v) is 15.1. The van der Waals surface area contributed by atoms with Gasteiger partial charge in [-0.2, -0.15) is 4.98 Å². The lowest BCUT2D eigenvalue weighted by Gasteiger charge is -2.48. The Morgan fingerprint density at radius 3 is 2.54 bits per heavy atom. The minimum absolute atomic E-state index is 0.111. The number of aromatic nitrogens is 4. The van der Waals surface area contributed by atoms with E-state index in [0.29, 0.717) is 30.0 Å². The van der Waals surface area contributed by atoms with E-state index in [9.17, 15) is 0 Å². The van der Waals surface area contributed by atoms with Crippen LogP contribution in [0.1, 0.15) is 46.4 Å². The van der Waals surface area contributed by atoms with Crippen LogP contribution in [0.2, 0.25) is 0 Å². The Morgan fingerprint density at radius 2 is 1.92 bits per heavy atom. The third kappa shape index (κ3) is 3.96. The molecule has 0 bridgehead atoms. The topological polar surface area (TPSA) is 80.0 Å². The van der Waals surface area contributed by atoms with Crippen molar-refractivity contribution >= 4 is 0 Å². The number of rotatable bonds is 4. The van der Waals surface area contributed by atoms with Crippen LogP contribution in [0.4, 0.5) is 0 Å². The Kier molecular flexibility index (Phi) is 4.40. The molecule has 1 N–H and O–H groups in total. The molecule has 0 aromatic carbocycles. The van der Waals surface area contributed by atoms with Gasteiger partial charge >= 0.3 is 0 Å². The molecule has 1 fully saturated rings. The Morgan fingerprint density at radius 1 is 1.21 bits per heavy atom. The monoisotopic (exact) mass is 330 g/mol. The van der Waals surface area contributed by atoms with Crippen molar-refractivity contribution in [1.82, 2.24) is 30.3 Å². The Bertz CT molecular complexity index is 665. The quantitative estimate of drug-likeness (QED) is 0.921. The zero-order valence-electron chi connectivity index (χ0n) is 15.1. The first-order valence-electron chi connectivity index (χ1n) is 8.33. The van der Waals surface area contributed by atoms with E-state index >= 15 is 0 Å². The normalized spacial score (nSPS) is 20.4. The molecule has 3 rings (SSSR count). The second-order valence-electron chi connectivity index (χ2n) is 7.97. The average Bonchev–Trinajstić information content (AvgIpc) is 2.93. The van der Waals surface area contributed by atoms with Crippen molar-refractivity contribution in [3.05, 3.63) is 24.5 Å². The fraction of sp³-hybridized carbons (Fsp3) is 0.647. The van der Waals surface area contributed by atoms with Gasteiger partial charge in [0.05, 0.1) is 12.7 Å². The molecule has 0 amide bonds. The van der Waals surface area contributed by atoms with Crippen LogP contribution >= 0.6 is 0 Å². The summed E-state index contributed by atoms with van der Waals surface area (Å²) >= 11 is 0. The average molecular weight is 330 g/mol. The van der Waals surface area contributed by atoms with Gasteiger partial charge in [0.2, 0.25) is 11.7 Å². The van der Waals surface area contributed by atoms with Crippen molar-refractivity contribution in [3.63, 3.8) is 0 Å². The standard InChI is InChI=1S/C17H26N6O/c1-16(2)8-12(9-17(3,4)22-16)23(5)11-14-20-15(21-24-14)13-10-18-6-7-19-13/h6-7,10,12,22H,8-9,11H2,1-5H3. The predicted molar refractivity (Wildman–Crippen MR) is 91.1 cm³/mol. The molecular formula is C17H26N6O. The van der Waals surface area contributed by atoms with Gasteiger partial charge in [-0.3, -0.25) is 9.88 Å². The van der Waals surface area contributed by atoms with E-state index in [-0.39, 0.29) is 11.1 Å². The fourth-order valence-electron chi connectivity index (χ4n) is 3.76. The van der Waals surface area contributed by atoms with Crippen LogP contribution < -0.4 is 5.32 Å². The van der Waals surface area contributed by atoms with Gasteiger partial charge in [0.25, 0.3) is 0 Å². The smallest absolute Gasteiger partial charge is 0.241 e. The van der Waals surface area contributed by atoms with E-state index < -0.39 is 0 Å². The molecule has 1 aliphatic heterocycles. The van der Waals surface area contributed by atoms with Crippen LogP contribution in [0.15, 0.2) is 23.1 Å². The van der Waals surface area contributed by atoms with E-state index in [4.69, 9.17) is 4.52 Å². The molecule has 1 saturated heterocycles. The first-order chi connectivity index (χ1) is 11.2. The summed E-state index contributed by atoms with van der Waals surface area (Å²) in [4.78, 5) is 15.0. The molecule has 0 atom stereocenters. The summed E-state index contributed by atoms with van der Waals surface area (Å²) in [7, 11) is 2.12. The Labute approximate surface area is 142 Å². The van der Waals surface area contributed by atoms with Gasteiger partial charge in [-0.1, -0.05) is 5.16 Å². The Hall–Kier alpha value is -1.86. The van der Waals surface area contributed by atoms with E-state index in [0.717, 1.165) is 12.8 Å². The number of hydrogen-bond donors (Lipinski definition) is 1. The number of nitrogens with zero attached hydrogens (tertiary/aromatic N) is 5. The molecule has 0 spiro atoms. The largest absolute Gasteiger partial charge is 0.337 e. The SMILES string of the molecule is CN(Cc1nc(-c2cnccn2)no1)C1CC(C)(C)NC(C)(C)C1. The van der Waals surface area contributed by atoms with E-state index in [2.05, 4.69) is 65.1 Å². The maximum atomic E-state index is 5.40.